The fraction of sp³-hybridized carbons (Fsp3) is 0.364. The second kappa shape index (κ2) is 11.9. The predicted octanol–water partition coefficient (Wildman–Crippen LogP) is 4.08. The number of thiocarbonyl (C=S) groups is 1. The Labute approximate surface area is 177 Å². The van der Waals surface area contributed by atoms with Crippen molar-refractivity contribution < 1.29 is 19.0 Å². The van der Waals surface area contributed by atoms with Gasteiger partial charge in [0.25, 0.3) is 5.91 Å². The highest BCUT2D eigenvalue weighted by atomic mass is 32.1. The molecule has 29 heavy (non-hydrogen) atoms. The zero-order valence-electron chi connectivity index (χ0n) is 17.1. The van der Waals surface area contributed by atoms with Gasteiger partial charge in [-0.25, -0.2) is 0 Å². The number of hydrogen-bond acceptors (Lipinski definition) is 5. The Morgan fingerprint density at radius 2 is 1.90 bits per heavy atom. The average Bonchev–Trinajstić information content (AvgIpc) is 2.73. The number of unbranched alkanes of at least 4 members (excludes halogenated alkanes) is 1. The molecule has 0 heterocycles. The number of nitrogens with one attached hydrogen (secondary N) is 2. The number of carbonyl (C=O) groups is 1. The zero-order valence-corrected chi connectivity index (χ0v) is 17.9. The van der Waals surface area contributed by atoms with Crippen molar-refractivity contribution in [2.75, 3.05) is 20.3 Å². The fourth-order valence-electron chi connectivity index (χ4n) is 2.56. The van der Waals surface area contributed by atoms with E-state index >= 15 is 0 Å². The maximum absolute atomic E-state index is 12.4. The number of ether oxygens (including phenoxy) is 3. The van der Waals surface area contributed by atoms with E-state index in [0.29, 0.717) is 36.8 Å². The molecular formula is C22H28N2O4S. The van der Waals surface area contributed by atoms with Crippen LogP contribution in [0.5, 0.6) is 17.2 Å². The molecule has 0 aliphatic carbocycles. The van der Waals surface area contributed by atoms with Gasteiger partial charge in [0.05, 0.1) is 20.3 Å². The quantitative estimate of drug-likeness (QED) is 0.449. The Hall–Kier alpha value is -2.80. The van der Waals surface area contributed by atoms with Crippen LogP contribution in [0.25, 0.3) is 0 Å². The number of amides is 1. The Balaban J connectivity index is 1.89. The second-order valence-corrected chi connectivity index (χ2v) is 6.69. The Morgan fingerprint density at radius 3 is 2.62 bits per heavy atom. The smallest absolute Gasteiger partial charge is 0.257 e. The molecule has 0 bridgehead atoms. The largest absolute Gasteiger partial charge is 0.494 e. The van der Waals surface area contributed by atoms with Crippen LogP contribution in [0.15, 0.2) is 42.5 Å². The van der Waals surface area contributed by atoms with Crippen LogP contribution >= 0.6 is 12.2 Å². The Bertz CT molecular complexity index is 826. The summed E-state index contributed by atoms with van der Waals surface area (Å²) in [5.41, 5.74) is 1.44. The number of hydrogen-bond donors (Lipinski definition) is 2. The first-order valence-electron chi connectivity index (χ1n) is 9.69. The number of rotatable bonds is 10. The highest BCUT2D eigenvalue weighted by Crippen LogP contribution is 2.28. The average molecular weight is 417 g/mol. The molecule has 0 aromatic heterocycles. The summed E-state index contributed by atoms with van der Waals surface area (Å²) in [6, 6.07) is 12.7. The molecule has 2 aromatic carbocycles. The van der Waals surface area contributed by atoms with E-state index in [-0.39, 0.29) is 11.0 Å². The molecule has 156 valence electrons. The van der Waals surface area contributed by atoms with Crippen molar-refractivity contribution in [2.45, 2.75) is 33.2 Å². The molecule has 1 amide bonds. The van der Waals surface area contributed by atoms with Crippen molar-refractivity contribution in [1.82, 2.24) is 10.6 Å². The highest BCUT2D eigenvalue weighted by molar-refractivity contribution is 7.80. The van der Waals surface area contributed by atoms with Crippen LogP contribution in [-0.4, -0.2) is 31.3 Å². The Kier molecular flexibility index (Phi) is 9.24. The van der Waals surface area contributed by atoms with Gasteiger partial charge in [0.2, 0.25) is 0 Å². The third kappa shape index (κ3) is 7.27. The van der Waals surface area contributed by atoms with Gasteiger partial charge in [0, 0.05) is 12.1 Å². The van der Waals surface area contributed by atoms with E-state index in [1.165, 1.54) is 0 Å². The third-order valence-corrected chi connectivity index (χ3v) is 4.32. The van der Waals surface area contributed by atoms with Gasteiger partial charge in [-0.1, -0.05) is 25.5 Å². The molecule has 0 atom stereocenters. The molecule has 2 N–H and O–H groups in total. The van der Waals surface area contributed by atoms with Crippen molar-refractivity contribution in [1.29, 1.82) is 0 Å². The molecule has 0 radical (unpaired) electrons. The normalized spacial score (nSPS) is 10.2. The van der Waals surface area contributed by atoms with Gasteiger partial charge < -0.3 is 19.5 Å². The van der Waals surface area contributed by atoms with E-state index in [9.17, 15) is 4.79 Å². The summed E-state index contributed by atoms with van der Waals surface area (Å²) in [7, 11) is 1.61. The maximum Gasteiger partial charge on any atom is 0.257 e. The lowest BCUT2D eigenvalue weighted by Gasteiger charge is -2.13. The van der Waals surface area contributed by atoms with Crippen LogP contribution in [-0.2, 0) is 6.54 Å². The van der Waals surface area contributed by atoms with Crippen LogP contribution in [0.1, 0.15) is 42.6 Å². The fourth-order valence-corrected chi connectivity index (χ4v) is 2.73. The minimum absolute atomic E-state index is 0.249. The molecule has 0 spiro atoms. The van der Waals surface area contributed by atoms with Crippen LogP contribution in [0, 0.1) is 0 Å². The summed E-state index contributed by atoms with van der Waals surface area (Å²) in [4.78, 5) is 12.4. The van der Waals surface area contributed by atoms with E-state index < -0.39 is 0 Å². The van der Waals surface area contributed by atoms with Crippen LogP contribution in [0.3, 0.4) is 0 Å². The molecule has 0 saturated carbocycles. The SMILES string of the molecule is CCCCOc1ccc(CNC(=S)NC(=O)c2cccc(OCC)c2)cc1OC. The van der Waals surface area contributed by atoms with Crippen molar-refractivity contribution >= 4 is 23.2 Å². The summed E-state index contributed by atoms with van der Waals surface area (Å²) in [6.07, 6.45) is 2.07. The first-order chi connectivity index (χ1) is 14.1. The van der Waals surface area contributed by atoms with Crippen molar-refractivity contribution in [3.05, 3.63) is 53.6 Å². The Morgan fingerprint density at radius 1 is 1.07 bits per heavy atom. The maximum atomic E-state index is 12.4. The van der Waals surface area contributed by atoms with Gasteiger partial charge in [0.1, 0.15) is 5.75 Å². The molecule has 7 heteroatoms. The summed E-state index contributed by atoms with van der Waals surface area (Å²) < 4.78 is 16.6. The minimum atomic E-state index is -0.290. The summed E-state index contributed by atoms with van der Waals surface area (Å²) in [5.74, 6) is 1.74. The summed E-state index contributed by atoms with van der Waals surface area (Å²) in [5, 5.41) is 5.96. The molecule has 6 nitrogen and oxygen atoms in total. The summed E-state index contributed by atoms with van der Waals surface area (Å²) >= 11 is 5.24. The van der Waals surface area contributed by atoms with Gasteiger partial charge in [-0.3, -0.25) is 10.1 Å². The van der Waals surface area contributed by atoms with E-state index in [1.807, 2.05) is 25.1 Å². The molecule has 0 unspecified atom stereocenters. The zero-order chi connectivity index (χ0) is 21.1. The number of methoxy groups -OCH3 is 1. The lowest BCUT2D eigenvalue weighted by molar-refractivity contribution is 0.0976. The molecule has 0 fully saturated rings. The van der Waals surface area contributed by atoms with Gasteiger partial charge in [-0.15, -0.1) is 0 Å². The topological polar surface area (TPSA) is 68.8 Å². The first kappa shape index (κ1) is 22.5. The molecule has 0 saturated heterocycles. The second-order valence-electron chi connectivity index (χ2n) is 6.28. The highest BCUT2D eigenvalue weighted by Gasteiger charge is 2.10. The monoisotopic (exact) mass is 416 g/mol. The van der Waals surface area contributed by atoms with E-state index in [0.717, 1.165) is 24.2 Å². The summed E-state index contributed by atoms with van der Waals surface area (Å²) in [6.45, 7) is 5.66. The molecule has 0 aliphatic rings. The lowest BCUT2D eigenvalue weighted by atomic mass is 10.2. The van der Waals surface area contributed by atoms with Crippen molar-refractivity contribution in [2.24, 2.45) is 0 Å². The first-order valence-corrected chi connectivity index (χ1v) is 10.1. The van der Waals surface area contributed by atoms with E-state index in [1.54, 1.807) is 31.4 Å². The number of benzene rings is 2. The van der Waals surface area contributed by atoms with E-state index in [4.69, 9.17) is 26.4 Å². The standard InChI is InChI=1S/C22H28N2O4S/c1-4-6-12-28-19-11-10-16(13-20(19)26-3)15-23-22(29)24-21(25)17-8-7-9-18(14-17)27-5-2/h7-11,13-14H,4-6,12,15H2,1-3H3,(H2,23,24,25,29). The molecule has 2 aromatic rings. The van der Waals surface area contributed by atoms with Gasteiger partial charge in [-0.05, 0) is 61.5 Å². The van der Waals surface area contributed by atoms with Gasteiger partial charge >= 0.3 is 0 Å². The van der Waals surface area contributed by atoms with Crippen molar-refractivity contribution in [3.63, 3.8) is 0 Å². The molecule has 2 rings (SSSR count). The van der Waals surface area contributed by atoms with Crippen molar-refractivity contribution in [3.8, 4) is 17.2 Å². The third-order valence-electron chi connectivity index (χ3n) is 4.07. The van der Waals surface area contributed by atoms with E-state index in [2.05, 4.69) is 17.6 Å². The van der Waals surface area contributed by atoms with Gasteiger partial charge in [0.15, 0.2) is 16.6 Å². The van der Waals surface area contributed by atoms with Crippen LogP contribution in [0.2, 0.25) is 0 Å². The molecule has 0 aliphatic heterocycles. The van der Waals surface area contributed by atoms with Gasteiger partial charge in [-0.2, -0.15) is 0 Å². The minimum Gasteiger partial charge on any atom is -0.494 e. The van der Waals surface area contributed by atoms with Crippen LogP contribution < -0.4 is 24.8 Å². The lowest BCUT2D eigenvalue weighted by Crippen LogP contribution is -2.38. The number of carbonyl (C=O) groups excluding carboxylic acids is 1. The predicted molar refractivity (Wildman–Crippen MR) is 118 cm³/mol. The molecular weight excluding hydrogens is 388 g/mol. The van der Waals surface area contributed by atoms with Crippen LogP contribution in [0.4, 0.5) is 0 Å².